The quantitative estimate of drug-likeness (QED) is 0.446. The number of carbonyl (C=O) groups excluding carboxylic acids is 1. The fourth-order valence-corrected chi connectivity index (χ4v) is 2.62. The molecule has 0 spiro atoms. The molecule has 2 N–H and O–H groups in total. The highest BCUT2D eigenvalue weighted by atomic mass is 16.5. The summed E-state index contributed by atoms with van der Waals surface area (Å²) in [6, 6.07) is 13.6. The fraction of sp³-hybridized carbons (Fsp3) is 0.333. The summed E-state index contributed by atoms with van der Waals surface area (Å²) in [7, 11) is 2.88. The SMILES string of the molecule is CCNC(=NCc1ccc(OC)c(C(=O)OC)c1)NCc1ccccc1C. The average molecular weight is 369 g/mol. The molecule has 0 aliphatic rings. The van der Waals surface area contributed by atoms with Crippen molar-refractivity contribution < 1.29 is 14.3 Å². The summed E-state index contributed by atoms with van der Waals surface area (Å²) in [6.07, 6.45) is 0. The number of methoxy groups -OCH3 is 2. The summed E-state index contributed by atoms with van der Waals surface area (Å²) < 4.78 is 10.0. The first-order chi connectivity index (χ1) is 13.1. The predicted octanol–water partition coefficient (Wildman–Crippen LogP) is 3.05. The maximum atomic E-state index is 11.9. The van der Waals surface area contributed by atoms with Gasteiger partial charge in [-0.1, -0.05) is 30.3 Å². The molecule has 0 fully saturated rings. The number of hydrogen-bond donors (Lipinski definition) is 2. The first-order valence-corrected chi connectivity index (χ1v) is 8.91. The van der Waals surface area contributed by atoms with E-state index in [1.807, 2.05) is 25.1 Å². The molecule has 2 aromatic rings. The molecule has 0 radical (unpaired) electrons. The molecule has 6 heteroatoms. The average Bonchev–Trinajstić information content (AvgIpc) is 2.70. The highest BCUT2D eigenvalue weighted by Gasteiger charge is 2.13. The van der Waals surface area contributed by atoms with Gasteiger partial charge < -0.3 is 20.1 Å². The van der Waals surface area contributed by atoms with Crippen molar-refractivity contribution >= 4 is 11.9 Å². The molecule has 0 unspecified atom stereocenters. The van der Waals surface area contributed by atoms with Gasteiger partial charge in [0.05, 0.1) is 20.8 Å². The lowest BCUT2D eigenvalue weighted by molar-refractivity contribution is 0.0597. The van der Waals surface area contributed by atoms with Gasteiger partial charge in [0.2, 0.25) is 0 Å². The molecule has 6 nitrogen and oxygen atoms in total. The molecule has 0 amide bonds. The molecular formula is C21H27N3O3. The number of esters is 1. The van der Waals surface area contributed by atoms with Crippen molar-refractivity contribution in [1.29, 1.82) is 0 Å². The Morgan fingerprint density at radius 1 is 1.11 bits per heavy atom. The van der Waals surface area contributed by atoms with Crippen molar-refractivity contribution in [3.8, 4) is 5.75 Å². The largest absolute Gasteiger partial charge is 0.496 e. The van der Waals surface area contributed by atoms with E-state index >= 15 is 0 Å². The highest BCUT2D eigenvalue weighted by molar-refractivity contribution is 5.92. The van der Waals surface area contributed by atoms with Gasteiger partial charge in [-0.25, -0.2) is 9.79 Å². The van der Waals surface area contributed by atoms with E-state index in [1.54, 1.807) is 12.1 Å². The van der Waals surface area contributed by atoms with Crippen LogP contribution < -0.4 is 15.4 Å². The minimum Gasteiger partial charge on any atom is -0.496 e. The molecule has 0 aliphatic carbocycles. The number of guanidine groups is 1. The Hall–Kier alpha value is -3.02. The molecule has 0 atom stereocenters. The van der Waals surface area contributed by atoms with E-state index in [0.717, 1.165) is 18.1 Å². The van der Waals surface area contributed by atoms with Crippen LogP contribution in [0.15, 0.2) is 47.5 Å². The number of nitrogens with one attached hydrogen (secondary N) is 2. The molecule has 0 aliphatic heterocycles. The number of aryl methyl sites for hydroxylation is 1. The normalized spacial score (nSPS) is 11.0. The zero-order chi connectivity index (χ0) is 19.6. The van der Waals surface area contributed by atoms with Crippen LogP contribution >= 0.6 is 0 Å². The number of hydrogen-bond acceptors (Lipinski definition) is 4. The summed E-state index contributed by atoms with van der Waals surface area (Å²) in [5.74, 6) is 0.776. The first kappa shape index (κ1) is 20.3. The third-order valence-corrected chi connectivity index (χ3v) is 4.14. The lowest BCUT2D eigenvalue weighted by Gasteiger charge is -2.13. The number of carbonyl (C=O) groups is 1. The first-order valence-electron chi connectivity index (χ1n) is 8.91. The van der Waals surface area contributed by atoms with Crippen molar-refractivity contribution in [2.75, 3.05) is 20.8 Å². The van der Waals surface area contributed by atoms with Crippen LogP contribution in [0.25, 0.3) is 0 Å². The minimum atomic E-state index is -0.428. The topological polar surface area (TPSA) is 72.0 Å². The third-order valence-electron chi connectivity index (χ3n) is 4.14. The van der Waals surface area contributed by atoms with Gasteiger partial charge >= 0.3 is 5.97 Å². The van der Waals surface area contributed by atoms with Crippen molar-refractivity contribution in [3.63, 3.8) is 0 Å². The van der Waals surface area contributed by atoms with Gasteiger partial charge in [-0.2, -0.15) is 0 Å². The maximum Gasteiger partial charge on any atom is 0.341 e. The predicted molar refractivity (Wildman–Crippen MR) is 107 cm³/mol. The lowest BCUT2D eigenvalue weighted by atomic mass is 10.1. The summed E-state index contributed by atoms with van der Waals surface area (Å²) in [6.45, 7) is 5.99. The van der Waals surface area contributed by atoms with Crippen molar-refractivity contribution in [2.45, 2.75) is 26.9 Å². The van der Waals surface area contributed by atoms with E-state index in [4.69, 9.17) is 9.47 Å². The van der Waals surface area contributed by atoms with Crippen LogP contribution in [-0.4, -0.2) is 32.7 Å². The van der Waals surface area contributed by atoms with Crippen LogP contribution in [0.1, 0.15) is 34.0 Å². The molecule has 27 heavy (non-hydrogen) atoms. The molecule has 144 valence electrons. The number of ether oxygens (including phenoxy) is 2. The Bertz CT molecular complexity index is 803. The Labute approximate surface area is 160 Å². The lowest BCUT2D eigenvalue weighted by Crippen LogP contribution is -2.36. The second-order valence-corrected chi connectivity index (χ2v) is 6.00. The van der Waals surface area contributed by atoms with Gasteiger partial charge in [-0.15, -0.1) is 0 Å². The van der Waals surface area contributed by atoms with Gasteiger partial charge in [-0.05, 0) is 42.7 Å². The molecular weight excluding hydrogens is 342 g/mol. The van der Waals surface area contributed by atoms with E-state index in [2.05, 4.69) is 34.7 Å². The van der Waals surface area contributed by atoms with E-state index in [-0.39, 0.29) is 0 Å². The second-order valence-electron chi connectivity index (χ2n) is 6.00. The summed E-state index contributed by atoms with van der Waals surface area (Å²) in [5.41, 5.74) is 3.74. The van der Waals surface area contributed by atoms with Crippen molar-refractivity contribution in [3.05, 3.63) is 64.7 Å². The van der Waals surface area contributed by atoms with Gasteiger partial charge in [0, 0.05) is 13.1 Å². The molecule has 0 saturated heterocycles. The Balaban J connectivity index is 2.12. The van der Waals surface area contributed by atoms with Crippen molar-refractivity contribution in [1.82, 2.24) is 10.6 Å². The molecule has 0 aromatic heterocycles. The van der Waals surface area contributed by atoms with Gasteiger partial charge in [0.15, 0.2) is 5.96 Å². The molecule has 0 heterocycles. The number of rotatable bonds is 7. The van der Waals surface area contributed by atoms with Gasteiger partial charge in [-0.3, -0.25) is 0 Å². The van der Waals surface area contributed by atoms with Crippen LogP contribution in [0.4, 0.5) is 0 Å². The van der Waals surface area contributed by atoms with Crippen LogP contribution in [-0.2, 0) is 17.8 Å². The molecule has 2 rings (SSSR count). The van der Waals surface area contributed by atoms with E-state index < -0.39 is 5.97 Å². The zero-order valence-electron chi connectivity index (χ0n) is 16.3. The third kappa shape index (κ3) is 5.74. The smallest absolute Gasteiger partial charge is 0.341 e. The second kappa shape index (κ2) is 10.2. The molecule has 2 aromatic carbocycles. The van der Waals surface area contributed by atoms with Crippen LogP contribution in [0.3, 0.4) is 0 Å². The highest BCUT2D eigenvalue weighted by Crippen LogP contribution is 2.21. The molecule has 0 saturated carbocycles. The summed E-state index contributed by atoms with van der Waals surface area (Å²) in [5, 5.41) is 6.58. The van der Waals surface area contributed by atoms with E-state index in [1.165, 1.54) is 25.3 Å². The van der Waals surface area contributed by atoms with E-state index in [9.17, 15) is 4.79 Å². The Kier molecular flexibility index (Phi) is 7.67. The fourth-order valence-electron chi connectivity index (χ4n) is 2.62. The van der Waals surface area contributed by atoms with Gasteiger partial charge in [0.1, 0.15) is 11.3 Å². The van der Waals surface area contributed by atoms with Gasteiger partial charge in [0.25, 0.3) is 0 Å². The van der Waals surface area contributed by atoms with Crippen LogP contribution in [0, 0.1) is 6.92 Å². The number of nitrogens with zero attached hydrogens (tertiary/aromatic N) is 1. The standard InChI is InChI=1S/C21H27N3O3/c1-5-22-21(24-14-17-9-7-6-8-15(17)2)23-13-16-10-11-19(26-3)18(12-16)20(25)27-4/h6-12H,5,13-14H2,1-4H3,(H2,22,23,24). The number of benzene rings is 2. The maximum absolute atomic E-state index is 11.9. The number of aliphatic imine (C=N–C) groups is 1. The Morgan fingerprint density at radius 3 is 2.56 bits per heavy atom. The van der Waals surface area contributed by atoms with Crippen LogP contribution in [0.2, 0.25) is 0 Å². The summed E-state index contributed by atoms with van der Waals surface area (Å²) in [4.78, 5) is 16.5. The zero-order valence-corrected chi connectivity index (χ0v) is 16.3. The van der Waals surface area contributed by atoms with E-state index in [0.29, 0.717) is 24.4 Å². The monoisotopic (exact) mass is 369 g/mol. The Morgan fingerprint density at radius 2 is 1.89 bits per heavy atom. The molecule has 0 bridgehead atoms. The van der Waals surface area contributed by atoms with Crippen molar-refractivity contribution in [2.24, 2.45) is 4.99 Å². The summed E-state index contributed by atoms with van der Waals surface area (Å²) >= 11 is 0. The van der Waals surface area contributed by atoms with Crippen LogP contribution in [0.5, 0.6) is 5.75 Å². The minimum absolute atomic E-state index is 0.394.